The van der Waals surface area contributed by atoms with Gasteiger partial charge in [-0.05, 0) is 19.1 Å². The number of sulfonamides is 1. The van der Waals surface area contributed by atoms with Gasteiger partial charge in [-0.3, -0.25) is 4.79 Å². The molecule has 1 atom stereocenters. The van der Waals surface area contributed by atoms with Crippen LogP contribution in [0.3, 0.4) is 0 Å². The number of ether oxygens (including phenoxy) is 3. The van der Waals surface area contributed by atoms with E-state index in [4.69, 9.17) is 14.2 Å². The van der Waals surface area contributed by atoms with Crippen molar-refractivity contribution in [2.75, 3.05) is 20.3 Å². The molecule has 1 aliphatic rings. The van der Waals surface area contributed by atoms with E-state index in [1.807, 2.05) is 4.72 Å². The minimum atomic E-state index is -3.98. The number of benzene rings is 1. The second-order valence-electron chi connectivity index (χ2n) is 4.51. The molecule has 0 radical (unpaired) electrons. The summed E-state index contributed by atoms with van der Waals surface area (Å²) in [6, 6.07) is 4.22. The highest BCUT2D eigenvalue weighted by atomic mass is 32.2. The number of fused-ring (bicyclic) bond motifs is 1. The fraction of sp³-hybridized carbons (Fsp3) is 0.462. The van der Waals surface area contributed by atoms with Crippen molar-refractivity contribution in [2.45, 2.75) is 24.3 Å². The van der Waals surface area contributed by atoms with Crippen LogP contribution in [0.4, 0.5) is 0 Å². The lowest BCUT2D eigenvalue weighted by molar-refractivity contribution is -0.128. The third-order valence-electron chi connectivity index (χ3n) is 2.99. The molecule has 0 aromatic heterocycles. The molecule has 116 valence electrons. The van der Waals surface area contributed by atoms with Crippen molar-refractivity contribution in [1.29, 1.82) is 0 Å². The van der Waals surface area contributed by atoms with Crippen LogP contribution in [0, 0.1) is 0 Å². The zero-order valence-electron chi connectivity index (χ0n) is 11.8. The maximum absolute atomic E-state index is 12.2. The molecule has 1 aliphatic heterocycles. The third kappa shape index (κ3) is 3.64. The minimum absolute atomic E-state index is 0.0663. The third-order valence-corrected chi connectivity index (χ3v) is 4.33. The number of methoxy groups -OCH3 is 1. The molecule has 0 fully saturated rings. The van der Waals surface area contributed by atoms with E-state index in [1.54, 1.807) is 0 Å². The monoisotopic (exact) mass is 315 g/mol. The number of hydrogen-bond acceptors (Lipinski definition) is 6. The highest BCUT2D eigenvalue weighted by Gasteiger charge is 2.23. The molecular weight excluding hydrogens is 298 g/mol. The largest absolute Gasteiger partial charge is 0.490 e. The van der Waals surface area contributed by atoms with Gasteiger partial charge in [0.1, 0.15) is 6.10 Å². The Hall–Kier alpha value is -1.80. The Bertz CT molecular complexity index is 628. The number of carbonyl (C=O) groups is 1. The van der Waals surface area contributed by atoms with Crippen LogP contribution in [0.1, 0.15) is 13.3 Å². The molecule has 7 nitrogen and oxygen atoms in total. The van der Waals surface area contributed by atoms with Gasteiger partial charge in [-0.15, -0.1) is 0 Å². The lowest BCUT2D eigenvalue weighted by atomic mass is 10.3. The van der Waals surface area contributed by atoms with Gasteiger partial charge in [0.25, 0.3) is 15.9 Å². The van der Waals surface area contributed by atoms with E-state index < -0.39 is 22.0 Å². The topological polar surface area (TPSA) is 90.9 Å². The second-order valence-corrected chi connectivity index (χ2v) is 6.19. The fourth-order valence-electron chi connectivity index (χ4n) is 1.69. The Balaban J connectivity index is 2.24. The number of hydrogen-bond donors (Lipinski definition) is 1. The first-order valence-corrected chi connectivity index (χ1v) is 7.91. The standard InChI is InChI=1S/C13H17NO6S/c1-9(18-2)13(15)14-21(16,17)10-4-5-11-12(8-10)20-7-3-6-19-11/h4-5,8-9H,3,6-7H2,1-2H3,(H,14,15)/t9-/m1/s1. The average molecular weight is 315 g/mol. The van der Waals surface area contributed by atoms with Gasteiger partial charge in [0.2, 0.25) is 0 Å². The summed E-state index contributed by atoms with van der Waals surface area (Å²) >= 11 is 0. The summed E-state index contributed by atoms with van der Waals surface area (Å²) in [4.78, 5) is 11.6. The van der Waals surface area contributed by atoms with Gasteiger partial charge in [-0.25, -0.2) is 13.1 Å². The van der Waals surface area contributed by atoms with Crippen LogP contribution in [0.25, 0.3) is 0 Å². The van der Waals surface area contributed by atoms with E-state index >= 15 is 0 Å². The van der Waals surface area contributed by atoms with Gasteiger partial charge in [0, 0.05) is 19.6 Å². The van der Waals surface area contributed by atoms with E-state index in [2.05, 4.69) is 0 Å². The Morgan fingerprint density at radius 3 is 2.62 bits per heavy atom. The zero-order valence-corrected chi connectivity index (χ0v) is 12.6. The summed E-state index contributed by atoms with van der Waals surface area (Å²) < 4.78 is 41.9. The van der Waals surface area contributed by atoms with Gasteiger partial charge < -0.3 is 14.2 Å². The van der Waals surface area contributed by atoms with E-state index in [0.29, 0.717) is 24.7 Å². The van der Waals surface area contributed by atoms with Gasteiger partial charge in [0.05, 0.1) is 18.1 Å². The molecular formula is C13H17NO6S. The van der Waals surface area contributed by atoms with Crippen molar-refractivity contribution in [3.05, 3.63) is 18.2 Å². The minimum Gasteiger partial charge on any atom is -0.490 e. The molecule has 0 bridgehead atoms. The van der Waals surface area contributed by atoms with E-state index in [9.17, 15) is 13.2 Å². The summed E-state index contributed by atoms with van der Waals surface area (Å²) in [6.45, 7) is 2.42. The normalized spacial score (nSPS) is 15.9. The highest BCUT2D eigenvalue weighted by Crippen LogP contribution is 2.31. The Kier molecular flexibility index (Phi) is 4.69. The molecule has 0 saturated heterocycles. The Morgan fingerprint density at radius 2 is 1.95 bits per heavy atom. The summed E-state index contributed by atoms with van der Waals surface area (Å²) in [5.41, 5.74) is 0. The molecule has 0 spiro atoms. The van der Waals surface area contributed by atoms with E-state index in [0.717, 1.165) is 6.42 Å². The molecule has 21 heavy (non-hydrogen) atoms. The van der Waals surface area contributed by atoms with Crippen molar-refractivity contribution >= 4 is 15.9 Å². The molecule has 8 heteroatoms. The molecule has 2 rings (SSSR count). The average Bonchev–Trinajstić information content (AvgIpc) is 2.70. The lowest BCUT2D eigenvalue weighted by Crippen LogP contribution is -2.38. The molecule has 1 aromatic carbocycles. The van der Waals surface area contributed by atoms with Gasteiger partial charge in [-0.2, -0.15) is 0 Å². The maximum atomic E-state index is 12.2. The SMILES string of the molecule is CO[C@H](C)C(=O)NS(=O)(=O)c1ccc2c(c1)OCCCO2. The first kappa shape index (κ1) is 15.6. The van der Waals surface area contributed by atoms with Crippen LogP contribution in [0.2, 0.25) is 0 Å². The maximum Gasteiger partial charge on any atom is 0.264 e. The first-order chi connectivity index (χ1) is 9.94. The van der Waals surface area contributed by atoms with Crippen LogP contribution >= 0.6 is 0 Å². The van der Waals surface area contributed by atoms with Crippen LogP contribution < -0.4 is 14.2 Å². The summed E-state index contributed by atoms with van der Waals surface area (Å²) in [5.74, 6) is 0.107. The summed E-state index contributed by atoms with van der Waals surface area (Å²) in [5, 5.41) is 0. The smallest absolute Gasteiger partial charge is 0.264 e. The van der Waals surface area contributed by atoms with Crippen LogP contribution in [-0.4, -0.2) is 40.8 Å². The summed E-state index contributed by atoms with van der Waals surface area (Å²) in [7, 11) is -2.65. The molecule has 0 unspecified atom stereocenters. The van der Waals surface area contributed by atoms with Crippen molar-refractivity contribution in [1.82, 2.24) is 4.72 Å². The molecule has 0 saturated carbocycles. The van der Waals surface area contributed by atoms with Crippen molar-refractivity contribution in [3.63, 3.8) is 0 Å². The first-order valence-electron chi connectivity index (χ1n) is 6.43. The number of carbonyl (C=O) groups excluding carboxylic acids is 1. The molecule has 1 N–H and O–H groups in total. The van der Waals surface area contributed by atoms with Gasteiger partial charge in [0.15, 0.2) is 11.5 Å². The Morgan fingerprint density at radius 1 is 1.29 bits per heavy atom. The van der Waals surface area contributed by atoms with Crippen LogP contribution in [-0.2, 0) is 19.6 Å². The molecule has 1 aromatic rings. The predicted octanol–water partition coefficient (Wildman–Crippen LogP) is 0.688. The number of nitrogens with one attached hydrogen (secondary N) is 1. The summed E-state index contributed by atoms with van der Waals surface area (Å²) in [6.07, 6.45) is -0.140. The van der Waals surface area contributed by atoms with Crippen molar-refractivity contribution in [3.8, 4) is 11.5 Å². The lowest BCUT2D eigenvalue weighted by Gasteiger charge is -2.13. The molecule has 1 heterocycles. The van der Waals surface area contributed by atoms with Crippen molar-refractivity contribution < 1.29 is 27.4 Å². The van der Waals surface area contributed by atoms with Crippen molar-refractivity contribution in [2.24, 2.45) is 0 Å². The highest BCUT2D eigenvalue weighted by molar-refractivity contribution is 7.90. The molecule has 0 aliphatic carbocycles. The van der Waals surface area contributed by atoms with E-state index in [-0.39, 0.29) is 4.90 Å². The van der Waals surface area contributed by atoms with Gasteiger partial charge >= 0.3 is 0 Å². The van der Waals surface area contributed by atoms with Gasteiger partial charge in [-0.1, -0.05) is 0 Å². The predicted molar refractivity (Wildman–Crippen MR) is 73.8 cm³/mol. The fourth-order valence-corrected chi connectivity index (χ4v) is 2.75. The van der Waals surface area contributed by atoms with Crippen LogP contribution in [0.15, 0.2) is 23.1 Å². The molecule has 1 amide bonds. The number of rotatable bonds is 4. The second kappa shape index (κ2) is 6.31. The Labute approximate surface area is 123 Å². The van der Waals surface area contributed by atoms with Crippen LogP contribution in [0.5, 0.6) is 11.5 Å². The number of amides is 1. The quantitative estimate of drug-likeness (QED) is 0.879. The zero-order chi connectivity index (χ0) is 15.5. The van der Waals surface area contributed by atoms with E-state index in [1.165, 1.54) is 32.2 Å².